The van der Waals surface area contributed by atoms with Crippen molar-refractivity contribution in [2.24, 2.45) is 0 Å². The first kappa shape index (κ1) is 23.3. The zero-order valence-electron chi connectivity index (χ0n) is 17.1. The molecule has 33 heavy (non-hydrogen) atoms. The van der Waals surface area contributed by atoms with Gasteiger partial charge in [-0.2, -0.15) is 12.7 Å². The maximum atomic E-state index is 14.2. The van der Waals surface area contributed by atoms with Gasteiger partial charge in [-0.05, 0) is 22.5 Å². The van der Waals surface area contributed by atoms with E-state index in [4.69, 9.17) is 4.84 Å². The molecule has 3 atom stereocenters. The molecule has 0 bridgehead atoms. The largest absolute Gasteiger partial charge is 0.308 e. The fourth-order valence-corrected chi connectivity index (χ4v) is 5.00. The molecule has 0 spiro atoms. The third-order valence-electron chi connectivity index (χ3n) is 5.26. The number of hydroxylamine groups is 1. The summed E-state index contributed by atoms with van der Waals surface area (Å²) in [4.78, 5) is 4.85. The monoisotopic (exact) mass is 484 g/mol. The Balaban J connectivity index is 1.71. The Hall–Kier alpha value is -2.86. The normalized spacial score (nSPS) is 19.0. The number of halogens is 5. The topological polar surface area (TPSA) is 52.9 Å². The van der Waals surface area contributed by atoms with Crippen molar-refractivity contribution in [3.05, 3.63) is 106 Å². The Bertz CT molecular complexity index is 1250. The lowest BCUT2D eigenvalue weighted by Gasteiger charge is -2.28. The number of nitrogens with zero attached hydrogens (tertiary/aromatic N) is 2. The van der Waals surface area contributed by atoms with E-state index in [2.05, 4.69) is 0 Å². The summed E-state index contributed by atoms with van der Waals surface area (Å²) in [5, 5.41) is 0. The molecule has 1 aliphatic rings. The van der Waals surface area contributed by atoms with Gasteiger partial charge < -0.3 is 0 Å². The fourth-order valence-electron chi connectivity index (χ4n) is 3.43. The van der Waals surface area contributed by atoms with Gasteiger partial charge in [0, 0.05) is 12.6 Å². The lowest BCUT2D eigenvalue weighted by atomic mass is 10.1. The predicted octanol–water partition coefficient (Wildman–Crippen LogP) is 5.14. The highest BCUT2D eigenvalue weighted by Gasteiger charge is 2.55. The molecule has 1 heterocycles. The van der Waals surface area contributed by atoms with Gasteiger partial charge in [0.25, 0.3) is 0 Å². The average molecular weight is 484 g/mol. The molecule has 1 saturated heterocycles. The van der Waals surface area contributed by atoms with Crippen LogP contribution in [0, 0.1) is 29.1 Å². The van der Waals surface area contributed by atoms with Crippen LogP contribution in [0.1, 0.15) is 35.9 Å². The molecule has 3 aromatic carbocycles. The molecule has 3 aromatic rings. The van der Waals surface area contributed by atoms with E-state index in [1.165, 1.54) is 0 Å². The second-order valence-corrected chi connectivity index (χ2v) is 9.05. The molecular weight excluding hydrogens is 467 g/mol. The molecular formula is C22H17F5N2O3S. The van der Waals surface area contributed by atoms with Crippen LogP contribution in [0.3, 0.4) is 0 Å². The van der Waals surface area contributed by atoms with Crippen LogP contribution < -0.4 is 0 Å². The molecule has 0 N–H and O–H groups in total. The van der Waals surface area contributed by atoms with Gasteiger partial charge in [-0.25, -0.2) is 22.0 Å². The summed E-state index contributed by atoms with van der Waals surface area (Å²) < 4.78 is 97.0. The number of rotatable bonds is 7. The van der Waals surface area contributed by atoms with Gasteiger partial charge in [0.15, 0.2) is 23.3 Å². The Kier molecular flexibility index (Phi) is 6.23. The van der Waals surface area contributed by atoms with Crippen LogP contribution in [-0.2, 0) is 21.6 Å². The minimum Gasteiger partial charge on any atom is -0.252 e. The molecule has 1 fully saturated rings. The summed E-state index contributed by atoms with van der Waals surface area (Å²) in [7, 11) is -4.57. The first-order valence-corrected chi connectivity index (χ1v) is 11.1. The van der Waals surface area contributed by atoms with Crippen LogP contribution >= 0.6 is 0 Å². The summed E-state index contributed by atoms with van der Waals surface area (Å²) in [6.07, 6.45) is -2.00. The van der Waals surface area contributed by atoms with E-state index >= 15 is 0 Å². The van der Waals surface area contributed by atoms with E-state index in [-0.39, 0.29) is 11.0 Å². The second-order valence-electron chi connectivity index (χ2n) is 7.32. The number of benzene rings is 3. The highest BCUT2D eigenvalue weighted by atomic mass is 32.2. The third kappa shape index (κ3) is 4.24. The zero-order chi connectivity index (χ0) is 23.9. The van der Waals surface area contributed by atoms with Crippen molar-refractivity contribution in [2.75, 3.05) is 0 Å². The Morgan fingerprint density at radius 3 is 1.88 bits per heavy atom. The van der Waals surface area contributed by atoms with E-state index in [0.29, 0.717) is 11.1 Å². The summed E-state index contributed by atoms with van der Waals surface area (Å²) >= 11 is 0. The van der Waals surface area contributed by atoms with Gasteiger partial charge in [0.1, 0.15) is 0 Å². The predicted molar refractivity (Wildman–Crippen MR) is 108 cm³/mol. The minimum atomic E-state index is -4.57. The van der Waals surface area contributed by atoms with Gasteiger partial charge in [-0.3, -0.25) is 4.84 Å². The summed E-state index contributed by atoms with van der Waals surface area (Å²) in [6, 6.07) is 16.3. The summed E-state index contributed by atoms with van der Waals surface area (Å²) in [5.74, 6) is -11.0. The fraction of sp³-hybridized carbons (Fsp3) is 0.182. The van der Waals surface area contributed by atoms with Crippen LogP contribution in [0.2, 0.25) is 0 Å². The van der Waals surface area contributed by atoms with E-state index in [1.54, 1.807) is 67.6 Å². The van der Waals surface area contributed by atoms with Crippen LogP contribution in [0.5, 0.6) is 0 Å². The zero-order valence-corrected chi connectivity index (χ0v) is 17.9. The smallest absolute Gasteiger partial charge is 0.252 e. The van der Waals surface area contributed by atoms with Crippen LogP contribution in [-0.4, -0.2) is 17.2 Å². The quantitative estimate of drug-likeness (QED) is 0.202. The first-order valence-electron chi connectivity index (χ1n) is 9.72. The summed E-state index contributed by atoms with van der Waals surface area (Å²) in [6.45, 7) is 1.47. The van der Waals surface area contributed by atoms with Crippen molar-refractivity contribution >= 4 is 10.2 Å². The maximum Gasteiger partial charge on any atom is 0.308 e. The third-order valence-corrected chi connectivity index (χ3v) is 7.03. The van der Waals surface area contributed by atoms with Gasteiger partial charge in [-0.1, -0.05) is 60.7 Å². The van der Waals surface area contributed by atoms with E-state index in [1.807, 2.05) is 0 Å². The SMILES string of the molecule is C[C@@H](c1ccccc1)N(Cc1ccccc1)S(=O)(=O)N1O[C@@H]1c1c(F)c(F)c(F)c(F)c1F. The molecule has 0 amide bonds. The van der Waals surface area contributed by atoms with E-state index in [9.17, 15) is 30.4 Å². The molecule has 4 rings (SSSR count). The van der Waals surface area contributed by atoms with Crippen molar-refractivity contribution in [1.82, 2.24) is 8.77 Å². The molecule has 0 aromatic heterocycles. The lowest BCUT2D eigenvalue weighted by Crippen LogP contribution is -2.37. The van der Waals surface area contributed by atoms with Crippen molar-refractivity contribution in [3.63, 3.8) is 0 Å². The molecule has 1 unspecified atom stereocenters. The van der Waals surface area contributed by atoms with Crippen molar-refractivity contribution in [3.8, 4) is 0 Å². The Morgan fingerprint density at radius 1 is 0.848 bits per heavy atom. The molecule has 174 valence electrons. The minimum absolute atomic E-state index is 0.136. The number of hydrogen-bond donors (Lipinski definition) is 0. The van der Waals surface area contributed by atoms with Gasteiger partial charge in [0.05, 0.1) is 5.56 Å². The Morgan fingerprint density at radius 2 is 1.33 bits per heavy atom. The lowest BCUT2D eigenvalue weighted by molar-refractivity contribution is 0.245. The van der Waals surface area contributed by atoms with E-state index < -0.39 is 57.1 Å². The van der Waals surface area contributed by atoms with Crippen LogP contribution in [0.15, 0.2) is 60.7 Å². The van der Waals surface area contributed by atoms with Crippen molar-refractivity contribution in [2.45, 2.75) is 25.7 Å². The second kappa shape index (κ2) is 8.82. The highest BCUT2D eigenvalue weighted by Crippen LogP contribution is 2.46. The molecule has 11 heteroatoms. The highest BCUT2D eigenvalue weighted by molar-refractivity contribution is 7.86. The maximum absolute atomic E-state index is 14.2. The van der Waals surface area contributed by atoms with Gasteiger partial charge >= 0.3 is 10.2 Å². The van der Waals surface area contributed by atoms with Crippen LogP contribution in [0.4, 0.5) is 22.0 Å². The first-order chi connectivity index (χ1) is 15.6. The molecule has 0 aliphatic carbocycles. The average Bonchev–Trinajstić information content (AvgIpc) is 3.62. The van der Waals surface area contributed by atoms with Gasteiger partial charge in [-0.15, -0.1) is 0 Å². The summed E-state index contributed by atoms with van der Waals surface area (Å²) in [5.41, 5.74) is -0.146. The van der Waals surface area contributed by atoms with Gasteiger partial charge in [0.2, 0.25) is 12.0 Å². The standard InChI is InChI=1S/C22H17F5N2O3S/c1-13(15-10-6-3-7-11-15)28(12-14-8-4-2-5-9-14)33(30,31)29-22(32-29)16-17(23)19(25)21(27)20(26)18(16)24/h2-11,13,22H,12H2,1H3/t13-,22+,29?/m0/s1. The van der Waals surface area contributed by atoms with Crippen molar-refractivity contribution < 1.29 is 35.2 Å². The Labute approximate surface area is 186 Å². The molecule has 0 saturated carbocycles. The van der Waals surface area contributed by atoms with Crippen LogP contribution in [0.25, 0.3) is 0 Å². The number of hydrogen-bond acceptors (Lipinski definition) is 3. The molecule has 5 nitrogen and oxygen atoms in total. The molecule has 0 radical (unpaired) electrons. The molecule has 1 aliphatic heterocycles. The van der Waals surface area contributed by atoms with Crippen molar-refractivity contribution in [1.29, 1.82) is 0 Å². The van der Waals surface area contributed by atoms with E-state index in [0.717, 1.165) is 4.31 Å².